The van der Waals surface area contributed by atoms with Crippen LogP contribution in [0.1, 0.15) is 12.1 Å². The number of nitrogens with zero attached hydrogens (tertiary/aromatic N) is 2. The summed E-state index contributed by atoms with van der Waals surface area (Å²) in [6.45, 7) is 1.20. The highest BCUT2D eigenvalue weighted by Gasteiger charge is 2.25. The van der Waals surface area contributed by atoms with Crippen molar-refractivity contribution in [1.29, 1.82) is 0 Å². The van der Waals surface area contributed by atoms with Crippen LogP contribution in [0.2, 0.25) is 0 Å². The van der Waals surface area contributed by atoms with Crippen molar-refractivity contribution >= 4 is 23.6 Å². The Morgan fingerprint density at radius 2 is 2.12 bits per heavy atom. The monoisotopic (exact) mass is 376 g/mol. The zero-order valence-electron chi connectivity index (χ0n) is 14.2. The lowest BCUT2D eigenvalue weighted by atomic mass is 10.2. The summed E-state index contributed by atoms with van der Waals surface area (Å²) in [5.41, 5.74) is 1.70. The molecule has 1 N–H and O–H groups in total. The lowest BCUT2D eigenvalue weighted by Crippen LogP contribution is -2.46. The van der Waals surface area contributed by atoms with Crippen molar-refractivity contribution in [2.75, 3.05) is 25.4 Å². The Morgan fingerprint density at radius 3 is 2.88 bits per heavy atom. The number of carbonyl (C=O) groups is 2. The summed E-state index contributed by atoms with van der Waals surface area (Å²) in [5, 5.41) is 8.84. The Bertz CT molecular complexity index is 749. The summed E-state index contributed by atoms with van der Waals surface area (Å²) in [5.74, 6) is 0.523. The molecule has 0 radical (unpaired) electrons. The third kappa shape index (κ3) is 5.09. The fourth-order valence-electron chi connectivity index (χ4n) is 2.68. The maximum Gasteiger partial charge on any atom is 0.306 e. The number of benzene rings is 1. The van der Waals surface area contributed by atoms with E-state index in [1.165, 1.54) is 11.8 Å². The summed E-state index contributed by atoms with van der Waals surface area (Å²) < 4.78 is 10.9. The number of oxazole rings is 1. The number of carbonyl (C=O) groups excluding carboxylic acids is 1. The lowest BCUT2D eigenvalue weighted by molar-refractivity contribution is -0.146. The van der Waals surface area contributed by atoms with E-state index in [1.807, 2.05) is 30.3 Å². The highest BCUT2D eigenvalue weighted by molar-refractivity contribution is 7.99. The van der Waals surface area contributed by atoms with Gasteiger partial charge in [-0.3, -0.25) is 9.59 Å². The van der Waals surface area contributed by atoms with E-state index in [0.717, 1.165) is 11.3 Å². The molecule has 0 spiro atoms. The minimum Gasteiger partial charge on any atom is -0.481 e. The Kier molecular flexibility index (Phi) is 6.30. The third-order valence-electron chi connectivity index (χ3n) is 3.94. The van der Waals surface area contributed by atoms with Crippen LogP contribution in [0.5, 0.6) is 0 Å². The average molecular weight is 376 g/mol. The predicted molar refractivity (Wildman–Crippen MR) is 96.7 cm³/mol. The number of rotatable bonds is 7. The number of morpholine rings is 1. The summed E-state index contributed by atoms with van der Waals surface area (Å²) in [4.78, 5) is 29.2. The fraction of sp³-hybridized carbons (Fsp3) is 0.389. The van der Waals surface area contributed by atoms with E-state index in [4.69, 9.17) is 14.3 Å². The van der Waals surface area contributed by atoms with Gasteiger partial charge in [0, 0.05) is 24.4 Å². The maximum atomic E-state index is 12.3. The van der Waals surface area contributed by atoms with Crippen molar-refractivity contribution < 1.29 is 23.8 Å². The predicted octanol–water partition coefficient (Wildman–Crippen LogP) is 2.28. The molecule has 1 amide bonds. The molecule has 3 rings (SSSR count). The lowest BCUT2D eigenvalue weighted by Gasteiger charge is -2.32. The third-order valence-corrected chi connectivity index (χ3v) is 4.89. The zero-order chi connectivity index (χ0) is 18.4. The molecule has 1 atom stereocenters. The van der Waals surface area contributed by atoms with E-state index < -0.39 is 12.1 Å². The summed E-state index contributed by atoms with van der Waals surface area (Å²) >= 11 is 1.46. The van der Waals surface area contributed by atoms with E-state index in [-0.39, 0.29) is 12.3 Å². The smallest absolute Gasteiger partial charge is 0.306 e. The first kappa shape index (κ1) is 18.5. The second kappa shape index (κ2) is 8.86. The second-order valence-corrected chi connectivity index (χ2v) is 6.92. The van der Waals surface area contributed by atoms with Crippen LogP contribution in [-0.2, 0) is 20.1 Å². The average Bonchev–Trinajstić information content (AvgIpc) is 3.11. The molecule has 0 bridgehead atoms. The van der Waals surface area contributed by atoms with Crippen molar-refractivity contribution in [3.8, 4) is 11.5 Å². The van der Waals surface area contributed by atoms with Gasteiger partial charge in [0.15, 0.2) is 0 Å². The Hall–Kier alpha value is -2.32. The quantitative estimate of drug-likeness (QED) is 0.792. The van der Waals surface area contributed by atoms with Gasteiger partial charge in [0.05, 0.1) is 30.6 Å². The van der Waals surface area contributed by atoms with Crippen molar-refractivity contribution in [1.82, 2.24) is 9.88 Å². The van der Waals surface area contributed by atoms with Crippen molar-refractivity contribution in [2.24, 2.45) is 0 Å². The molecule has 1 aromatic heterocycles. The molecule has 0 saturated carbocycles. The molecule has 1 aliphatic heterocycles. The number of amides is 1. The highest BCUT2D eigenvalue weighted by Crippen LogP contribution is 2.21. The van der Waals surface area contributed by atoms with E-state index in [9.17, 15) is 9.59 Å². The Balaban J connectivity index is 1.45. The van der Waals surface area contributed by atoms with Gasteiger partial charge in [-0.15, -0.1) is 11.8 Å². The highest BCUT2D eigenvalue weighted by atomic mass is 32.2. The minimum atomic E-state index is -0.918. The van der Waals surface area contributed by atoms with Crippen LogP contribution in [0.4, 0.5) is 0 Å². The SMILES string of the molecule is O=C(O)CC1CN(C(=O)CSCc2coc(-c3ccccc3)n2)CCO1. The molecule has 2 aromatic rings. The van der Waals surface area contributed by atoms with E-state index >= 15 is 0 Å². The van der Waals surface area contributed by atoms with Gasteiger partial charge in [-0.2, -0.15) is 0 Å². The Labute approximate surface area is 155 Å². The molecule has 2 heterocycles. The maximum absolute atomic E-state index is 12.3. The van der Waals surface area contributed by atoms with Gasteiger partial charge >= 0.3 is 5.97 Å². The van der Waals surface area contributed by atoms with Crippen molar-refractivity contribution in [2.45, 2.75) is 18.3 Å². The van der Waals surface area contributed by atoms with E-state index in [2.05, 4.69) is 4.98 Å². The first-order valence-corrected chi connectivity index (χ1v) is 9.46. The molecular formula is C18H20N2O5S. The molecule has 138 valence electrons. The topological polar surface area (TPSA) is 92.9 Å². The number of hydrogen-bond acceptors (Lipinski definition) is 6. The summed E-state index contributed by atoms with van der Waals surface area (Å²) in [7, 11) is 0. The minimum absolute atomic E-state index is 0.0135. The molecular weight excluding hydrogens is 356 g/mol. The van der Waals surface area contributed by atoms with E-state index in [1.54, 1.807) is 11.2 Å². The van der Waals surface area contributed by atoms with Gasteiger partial charge in [0.25, 0.3) is 0 Å². The fourth-order valence-corrected chi connectivity index (χ4v) is 3.49. The zero-order valence-corrected chi connectivity index (χ0v) is 15.0. The van der Waals surface area contributed by atoms with Crippen LogP contribution in [0, 0.1) is 0 Å². The summed E-state index contributed by atoms with van der Waals surface area (Å²) in [6.07, 6.45) is 1.09. The van der Waals surface area contributed by atoms with Crippen LogP contribution in [0.25, 0.3) is 11.5 Å². The normalized spacial score (nSPS) is 17.2. The van der Waals surface area contributed by atoms with Crippen molar-refractivity contribution in [3.63, 3.8) is 0 Å². The standard InChI is InChI=1S/C18H20N2O5S/c21-16(20-6-7-24-15(9-20)8-17(22)23)12-26-11-14-10-25-18(19-14)13-4-2-1-3-5-13/h1-5,10,15H,6-9,11-12H2,(H,22,23). The molecule has 0 aliphatic carbocycles. The first-order valence-electron chi connectivity index (χ1n) is 8.30. The van der Waals surface area contributed by atoms with E-state index in [0.29, 0.717) is 37.1 Å². The van der Waals surface area contributed by atoms with Crippen LogP contribution in [0.15, 0.2) is 41.0 Å². The number of ether oxygens (including phenoxy) is 1. The van der Waals surface area contributed by atoms with Gasteiger partial charge in [0.1, 0.15) is 6.26 Å². The molecule has 8 heteroatoms. The number of thioether (sulfide) groups is 1. The molecule has 1 aliphatic rings. The van der Waals surface area contributed by atoms with Gasteiger partial charge in [-0.05, 0) is 12.1 Å². The summed E-state index contributed by atoms with van der Waals surface area (Å²) in [6, 6.07) is 9.64. The van der Waals surface area contributed by atoms with Gasteiger partial charge < -0.3 is 19.2 Å². The number of hydrogen-bond donors (Lipinski definition) is 1. The molecule has 1 unspecified atom stereocenters. The van der Waals surface area contributed by atoms with Crippen LogP contribution in [0.3, 0.4) is 0 Å². The van der Waals surface area contributed by atoms with Crippen LogP contribution in [-0.4, -0.2) is 58.4 Å². The number of aromatic nitrogens is 1. The Morgan fingerprint density at radius 1 is 1.31 bits per heavy atom. The number of aliphatic carboxylic acids is 1. The van der Waals surface area contributed by atoms with Crippen LogP contribution < -0.4 is 0 Å². The van der Waals surface area contributed by atoms with Crippen molar-refractivity contribution in [3.05, 3.63) is 42.3 Å². The first-order chi connectivity index (χ1) is 12.6. The number of carboxylic acid groups (broad SMARTS) is 1. The van der Waals surface area contributed by atoms with Crippen LogP contribution >= 0.6 is 11.8 Å². The van der Waals surface area contributed by atoms with Gasteiger partial charge in [-0.25, -0.2) is 4.98 Å². The largest absolute Gasteiger partial charge is 0.481 e. The molecule has 1 fully saturated rings. The second-order valence-electron chi connectivity index (χ2n) is 5.93. The van der Waals surface area contributed by atoms with Gasteiger partial charge in [-0.1, -0.05) is 18.2 Å². The molecule has 1 aromatic carbocycles. The molecule has 26 heavy (non-hydrogen) atoms. The van der Waals surface area contributed by atoms with Gasteiger partial charge in [0.2, 0.25) is 11.8 Å². The molecule has 7 nitrogen and oxygen atoms in total. The number of carboxylic acids is 1. The molecule has 1 saturated heterocycles.